The van der Waals surface area contributed by atoms with E-state index in [1.165, 1.54) is 6.07 Å². The molecule has 0 atom stereocenters. The Kier molecular flexibility index (Phi) is 3.01. The SMILES string of the molecule is O=Cc1c(O)ccc2nc(SCC(=O)O)[nH]c12. The van der Waals surface area contributed by atoms with Gasteiger partial charge < -0.3 is 15.2 Å². The van der Waals surface area contributed by atoms with Gasteiger partial charge in [-0.15, -0.1) is 0 Å². The summed E-state index contributed by atoms with van der Waals surface area (Å²) in [6.07, 6.45) is 0.529. The maximum atomic E-state index is 10.8. The molecule has 3 N–H and O–H groups in total. The Bertz CT molecular complexity index is 593. The van der Waals surface area contributed by atoms with Gasteiger partial charge in [0.2, 0.25) is 0 Å². The van der Waals surface area contributed by atoms with E-state index >= 15 is 0 Å². The lowest BCUT2D eigenvalue weighted by Crippen LogP contribution is -1.97. The third-order valence-electron chi connectivity index (χ3n) is 2.10. The lowest BCUT2D eigenvalue weighted by Gasteiger charge is -1.96. The molecule has 0 radical (unpaired) electrons. The second kappa shape index (κ2) is 4.46. The van der Waals surface area contributed by atoms with Gasteiger partial charge in [0.05, 0.1) is 22.3 Å². The van der Waals surface area contributed by atoms with E-state index in [0.717, 1.165) is 11.8 Å². The number of benzene rings is 1. The minimum atomic E-state index is -0.950. The molecule has 0 aliphatic rings. The Labute approximate surface area is 99.7 Å². The van der Waals surface area contributed by atoms with Gasteiger partial charge in [0, 0.05) is 0 Å². The van der Waals surface area contributed by atoms with Crippen LogP contribution in [0.25, 0.3) is 11.0 Å². The molecule has 88 valence electrons. The van der Waals surface area contributed by atoms with Crippen molar-refractivity contribution in [3.05, 3.63) is 17.7 Å². The summed E-state index contributed by atoms with van der Waals surface area (Å²) in [6.45, 7) is 0. The minimum absolute atomic E-state index is 0.122. The van der Waals surface area contributed by atoms with Crippen LogP contribution in [0.3, 0.4) is 0 Å². The van der Waals surface area contributed by atoms with Gasteiger partial charge in [0.1, 0.15) is 5.75 Å². The number of carboxylic acid groups (broad SMARTS) is 1. The Morgan fingerprint density at radius 2 is 2.29 bits per heavy atom. The van der Waals surface area contributed by atoms with Gasteiger partial charge in [-0.3, -0.25) is 9.59 Å². The summed E-state index contributed by atoms with van der Waals surface area (Å²) < 4.78 is 0. The van der Waals surface area contributed by atoms with Gasteiger partial charge in [-0.05, 0) is 12.1 Å². The summed E-state index contributed by atoms with van der Waals surface area (Å²) in [6, 6.07) is 2.93. The van der Waals surface area contributed by atoms with Crippen molar-refractivity contribution in [2.24, 2.45) is 0 Å². The first-order chi connectivity index (χ1) is 8.11. The van der Waals surface area contributed by atoms with Gasteiger partial charge in [-0.2, -0.15) is 0 Å². The maximum Gasteiger partial charge on any atom is 0.313 e. The fourth-order valence-electron chi connectivity index (χ4n) is 1.38. The van der Waals surface area contributed by atoms with Crippen molar-refractivity contribution in [2.75, 3.05) is 5.75 Å². The number of carbonyl (C=O) groups is 2. The average Bonchev–Trinajstić information content (AvgIpc) is 2.69. The molecule has 0 fully saturated rings. The number of aromatic hydroxyl groups is 1. The van der Waals surface area contributed by atoms with E-state index in [2.05, 4.69) is 9.97 Å². The highest BCUT2D eigenvalue weighted by molar-refractivity contribution is 7.99. The van der Waals surface area contributed by atoms with Crippen LogP contribution in [0.4, 0.5) is 0 Å². The number of nitrogens with zero attached hydrogens (tertiary/aromatic N) is 1. The summed E-state index contributed by atoms with van der Waals surface area (Å²) in [4.78, 5) is 28.1. The topological polar surface area (TPSA) is 103 Å². The first kappa shape index (κ1) is 11.5. The molecule has 2 aromatic rings. The number of hydrogen-bond acceptors (Lipinski definition) is 5. The summed E-state index contributed by atoms with van der Waals surface area (Å²) in [5.74, 6) is -1.21. The monoisotopic (exact) mass is 252 g/mol. The van der Waals surface area contributed by atoms with Gasteiger partial charge in [0.25, 0.3) is 0 Å². The second-order valence-corrected chi connectivity index (χ2v) is 4.20. The number of carbonyl (C=O) groups excluding carboxylic acids is 1. The summed E-state index contributed by atoms with van der Waals surface area (Å²) in [5, 5.41) is 18.4. The highest BCUT2D eigenvalue weighted by atomic mass is 32.2. The number of imidazole rings is 1. The highest BCUT2D eigenvalue weighted by Gasteiger charge is 2.11. The molecular formula is C10H8N2O4S. The van der Waals surface area contributed by atoms with E-state index in [4.69, 9.17) is 5.11 Å². The van der Waals surface area contributed by atoms with Crippen LogP contribution in [0.15, 0.2) is 17.3 Å². The number of thioether (sulfide) groups is 1. The number of phenolic OH excluding ortho intramolecular Hbond substituents is 1. The summed E-state index contributed by atoms with van der Waals surface area (Å²) >= 11 is 1.02. The van der Waals surface area contributed by atoms with E-state index in [-0.39, 0.29) is 17.1 Å². The van der Waals surface area contributed by atoms with Crippen LogP contribution in [0.2, 0.25) is 0 Å². The number of hydrogen-bond donors (Lipinski definition) is 3. The van der Waals surface area contributed by atoms with Crippen molar-refractivity contribution in [3.63, 3.8) is 0 Å². The van der Waals surface area contributed by atoms with E-state index < -0.39 is 5.97 Å². The fourth-order valence-corrected chi connectivity index (χ4v) is 1.98. The molecule has 0 saturated carbocycles. The van der Waals surface area contributed by atoms with Crippen molar-refractivity contribution in [1.82, 2.24) is 9.97 Å². The Balaban J connectivity index is 2.43. The fraction of sp³-hybridized carbons (Fsp3) is 0.100. The van der Waals surface area contributed by atoms with Crippen LogP contribution in [-0.4, -0.2) is 38.2 Å². The van der Waals surface area contributed by atoms with E-state index in [1.807, 2.05) is 0 Å². The summed E-state index contributed by atoms with van der Waals surface area (Å²) in [5.41, 5.74) is 1.04. The van der Waals surface area contributed by atoms with Crippen molar-refractivity contribution >= 4 is 35.1 Å². The van der Waals surface area contributed by atoms with Crippen LogP contribution >= 0.6 is 11.8 Å². The van der Waals surface area contributed by atoms with Gasteiger partial charge >= 0.3 is 5.97 Å². The zero-order valence-corrected chi connectivity index (χ0v) is 9.32. The standard InChI is InChI=1S/C10H8N2O4S/c13-3-5-7(14)2-1-6-9(5)12-10(11-6)17-4-8(15)16/h1-3,14H,4H2,(H,11,12)(H,15,16). The molecule has 1 aromatic carbocycles. The van der Waals surface area contributed by atoms with Crippen molar-refractivity contribution in [2.45, 2.75) is 5.16 Å². The van der Waals surface area contributed by atoms with Gasteiger partial charge in [-0.1, -0.05) is 11.8 Å². The zero-order chi connectivity index (χ0) is 12.4. The number of nitrogens with one attached hydrogen (secondary N) is 1. The number of rotatable bonds is 4. The van der Waals surface area contributed by atoms with Crippen LogP contribution in [0, 0.1) is 0 Å². The van der Waals surface area contributed by atoms with E-state index in [1.54, 1.807) is 6.07 Å². The molecule has 0 amide bonds. The molecule has 6 nitrogen and oxygen atoms in total. The third kappa shape index (κ3) is 2.23. The molecule has 0 saturated heterocycles. The van der Waals surface area contributed by atoms with Gasteiger partial charge in [0.15, 0.2) is 11.4 Å². The molecule has 0 aliphatic heterocycles. The highest BCUT2D eigenvalue weighted by Crippen LogP contribution is 2.26. The predicted molar refractivity (Wildman–Crippen MR) is 61.5 cm³/mol. The number of aromatic nitrogens is 2. The number of aldehydes is 1. The molecule has 0 aliphatic carbocycles. The van der Waals surface area contributed by atoms with Crippen molar-refractivity contribution in [3.8, 4) is 5.75 Å². The molecule has 0 spiro atoms. The number of aliphatic carboxylic acids is 1. The molecule has 7 heteroatoms. The van der Waals surface area contributed by atoms with Crippen molar-refractivity contribution < 1.29 is 19.8 Å². The predicted octanol–water partition coefficient (Wildman–Crippen LogP) is 1.26. The van der Waals surface area contributed by atoms with Crippen LogP contribution in [0.5, 0.6) is 5.75 Å². The molecular weight excluding hydrogens is 244 g/mol. The third-order valence-corrected chi connectivity index (χ3v) is 2.96. The lowest BCUT2D eigenvalue weighted by molar-refractivity contribution is -0.133. The molecule has 1 heterocycles. The Morgan fingerprint density at radius 1 is 1.53 bits per heavy atom. The number of fused-ring (bicyclic) bond motifs is 1. The molecule has 1 aromatic heterocycles. The smallest absolute Gasteiger partial charge is 0.313 e. The van der Waals surface area contributed by atoms with E-state index in [9.17, 15) is 14.7 Å². The van der Waals surface area contributed by atoms with E-state index in [0.29, 0.717) is 22.5 Å². The number of aromatic amines is 1. The first-order valence-corrected chi connectivity index (χ1v) is 5.62. The molecule has 17 heavy (non-hydrogen) atoms. The van der Waals surface area contributed by atoms with Crippen LogP contribution in [-0.2, 0) is 4.79 Å². The molecule has 0 unspecified atom stereocenters. The number of carboxylic acids is 1. The van der Waals surface area contributed by atoms with Crippen LogP contribution < -0.4 is 0 Å². The van der Waals surface area contributed by atoms with Crippen LogP contribution in [0.1, 0.15) is 10.4 Å². The largest absolute Gasteiger partial charge is 0.507 e. The molecule has 0 bridgehead atoms. The Morgan fingerprint density at radius 3 is 2.94 bits per heavy atom. The van der Waals surface area contributed by atoms with Gasteiger partial charge in [-0.25, -0.2) is 4.98 Å². The van der Waals surface area contributed by atoms with Crippen molar-refractivity contribution in [1.29, 1.82) is 0 Å². The normalized spacial score (nSPS) is 10.6. The maximum absolute atomic E-state index is 10.8. The first-order valence-electron chi connectivity index (χ1n) is 4.63. The zero-order valence-electron chi connectivity index (χ0n) is 8.51. The quantitative estimate of drug-likeness (QED) is 0.559. The second-order valence-electron chi connectivity index (χ2n) is 3.23. The average molecular weight is 252 g/mol. The Hall–Kier alpha value is -2.02. The lowest BCUT2D eigenvalue weighted by atomic mass is 10.2. The summed E-state index contributed by atoms with van der Waals surface area (Å²) in [7, 11) is 0. The number of H-pyrrole nitrogens is 1. The minimum Gasteiger partial charge on any atom is -0.507 e. The molecule has 2 rings (SSSR count). The number of phenols is 1.